The van der Waals surface area contributed by atoms with Gasteiger partial charge in [-0.05, 0) is 0 Å². The zero-order chi connectivity index (χ0) is 7.15. The third-order valence-corrected chi connectivity index (χ3v) is 0. The van der Waals surface area contributed by atoms with Crippen LogP contribution in [0.25, 0.3) is 0 Å². The predicted molar refractivity (Wildman–Crippen MR) is 24.2 cm³/mol. The molecule has 66 valence electrons. The molecule has 0 bridgehead atoms. The number of hydrogen-bond acceptors (Lipinski definition) is 6. The first-order valence-electron chi connectivity index (χ1n) is 1.11. The van der Waals surface area contributed by atoms with Gasteiger partial charge in [0, 0.05) is 0 Å². The van der Waals surface area contributed by atoms with E-state index in [9.17, 15) is 0 Å². The largest absolute Gasteiger partial charge is 1.00 e. The molecule has 0 atom stereocenters. The molecule has 0 heterocycles. The Morgan fingerprint density at radius 1 is 1.10 bits per heavy atom. The molecule has 0 aromatic heterocycles. The van der Waals surface area contributed by atoms with Crippen LogP contribution in [0, 0.1) is 25.4 Å². The van der Waals surface area contributed by atoms with Crippen LogP contribution in [0.4, 0.5) is 0 Å². The molecule has 0 rings (SSSR count). The summed E-state index contributed by atoms with van der Waals surface area (Å²) in [6, 6.07) is 0. The summed E-state index contributed by atoms with van der Waals surface area (Å²) in [5.74, 6) is 0. The third kappa shape index (κ3) is 326. The van der Waals surface area contributed by atoms with Gasteiger partial charge < -0.3 is 26.7 Å². The molecule has 0 aromatic carbocycles. The van der Waals surface area contributed by atoms with E-state index in [1.165, 1.54) is 0 Å². The van der Waals surface area contributed by atoms with E-state index in [-0.39, 0.29) is 28.5 Å². The zero-order valence-electron chi connectivity index (χ0n) is 4.39. The van der Waals surface area contributed by atoms with Gasteiger partial charge in [-0.25, -0.2) is 0 Å². The van der Waals surface area contributed by atoms with Crippen molar-refractivity contribution in [1.82, 2.24) is 6.15 Å². The first-order chi connectivity index (χ1) is 3.46. The predicted octanol–water partition coefficient (Wildman–Crippen LogP) is -0.427. The first-order valence-corrected chi connectivity index (χ1v) is 1.11. The molecule has 0 spiro atoms. The second-order valence-electron chi connectivity index (χ2n) is 0.461. The van der Waals surface area contributed by atoms with Crippen molar-refractivity contribution in [3.05, 3.63) is 25.4 Å². The Hall–Kier alpha value is -0.900. The van der Waals surface area contributed by atoms with Crippen molar-refractivity contribution < 1.29 is 37.8 Å². The van der Waals surface area contributed by atoms with Crippen LogP contribution < -0.4 is 6.15 Å². The zero-order valence-corrected chi connectivity index (χ0v) is 5.87. The molecular weight excluding hydrogens is 246 g/mol. The molecule has 0 aliphatic heterocycles. The molecule has 0 saturated heterocycles. The van der Waals surface area contributed by atoms with Gasteiger partial charge in [-0.1, -0.05) is 0 Å². The Bertz CT molecular complexity index is 71.0. The van der Waals surface area contributed by atoms with Crippen molar-refractivity contribution >= 4 is 0 Å². The maximum Gasteiger partial charge on any atom is 1.00 e. The maximum atomic E-state index is 8.36. The summed E-state index contributed by atoms with van der Waals surface area (Å²) in [7, 11) is 0. The van der Waals surface area contributed by atoms with E-state index in [1.54, 1.807) is 0 Å². The summed E-state index contributed by atoms with van der Waals surface area (Å²) in [4.78, 5) is 16.6. The normalized spacial score (nSPS) is 4.80. The second-order valence-corrected chi connectivity index (χ2v) is 0.461. The van der Waals surface area contributed by atoms with E-state index in [2.05, 4.69) is 0 Å². The van der Waals surface area contributed by atoms with Crippen molar-refractivity contribution in [2.75, 3.05) is 0 Å². The Morgan fingerprint density at radius 3 is 1.10 bits per heavy atom. The minimum atomic E-state index is -1.75. The fraction of sp³-hybridized carbons (Fsp3) is 0. The van der Waals surface area contributed by atoms with Crippen molar-refractivity contribution in [2.45, 2.75) is 0 Å². The fourth-order valence-electron chi connectivity index (χ4n) is 0. The quantitative estimate of drug-likeness (QED) is 0.334. The Labute approximate surface area is 70.0 Å². The first kappa shape index (κ1) is 23.0. The maximum absolute atomic E-state index is 8.36. The smallest absolute Gasteiger partial charge is 0.356 e. The summed E-state index contributed by atoms with van der Waals surface area (Å²) < 4.78 is 0. The van der Waals surface area contributed by atoms with Gasteiger partial charge in [0.25, 0.3) is 5.09 Å². The molecule has 0 radical (unpaired) electrons. The van der Waals surface area contributed by atoms with Crippen LogP contribution in [0.2, 0.25) is 0 Å². The van der Waals surface area contributed by atoms with Gasteiger partial charge >= 0.3 is 22.4 Å². The minimum absolute atomic E-state index is 0. The molecule has 0 aliphatic rings. The van der Waals surface area contributed by atoms with E-state index < -0.39 is 10.2 Å². The van der Waals surface area contributed by atoms with Gasteiger partial charge in [-0.2, -0.15) is 0 Å². The Balaban J connectivity index is -0.0000000300. The average Bonchev–Trinajstić information content (AvgIpc) is 1.25. The van der Waals surface area contributed by atoms with Gasteiger partial charge in [0.15, 0.2) is 0 Å². The summed E-state index contributed by atoms with van der Waals surface area (Å²) in [5, 5.41) is 28.4. The fourth-order valence-corrected chi connectivity index (χ4v) is 0. The van der Waals surface area contributed by atoms with Gasteiger partial charge in [0.2, 0.25) is 0 Å². The molecule has 10 heteroatoms. The SMILES string of the molecule is N.O=[N+]([O-])O.O=[N+]([O-])[O-].[Ag+]. The van der Waals surface area contributed by atoms with Crippen molar-refractivity contribution in [3.63, 3.8) is 0 Å². The monoisotopic (exact) mass is 249 g/mol. The number of nitrogens with zero attached hydrogens (tertiary/aromatic N) is 2. The van der Waals surface area contributed by atoms with Gasteiger partial charge in [0.1, 0.15) is 0 Å². The molecule has 0 unspecified atom stereocenters. The van der Waals surface area contributed by atoms with Crippen LogP contribution in [0.5, 0.6) is 0 Å². The molecule has 0 fully saturated rings. The van der Waals surface area contributed by atoms with Crippen LogP contribution in [-0.2, 0) is 22.4 Å². The molecule has 10 heavy (non-hydrogen) atoms. The number of rotatable bonds is 0. The Morgan fingerprint density at radius 2 is 1.10 bits per heavy atom. The van der Waals surface area contributed by atoms with Crippen molar-refractivity contribution in [2.24, 2.45) is 0 Å². The van der Waals surface area contributed by atoms with E-state index in [0.717, 1.165) is 0 Å². The van der Waals surface area contributed by atoms with Crippen molar-refractivity contribution in [1.29, 1.82) is 0 Å². The van der Waals surface area contributed by atoms with Crippen LogP contribution in [0.3, 0.4) is 0 Å². The molecule has 0 amide bonds. The average molecular weight is 250 g/mol. The standard InChI is InChI=1S/Ag.HNO3.NO3.H3N/c;2*2-1(3)4;/h;(H,2,3,4);;1H3/q+1;;-1;. The molecule has 9 nitrogen and oxygen atoms in total. The summed E-state index contributed by atoms with van der Waals surface area (Å²) in [6.07, 6.45) is 0. The summed E-state index contributed by atoms with van der Waals surface area (Å²) in [5.41, 5.74) is 0. The minimum Gasteiger partial charge on any atom is -0.356 e. The summed E-state index contributed by atoms with van der Waals surface area (Å²) in [6.45, 7) is 0. The van der Waals surface area contributed by atoms with Crippen LogP contribution in [0.15, 0.2) is 0 Å². The number of hydrogen-bond donors (Lipinski definition) is 2. The van der Waals surface area contributed by atoms with Crippen LogP contribution >= 0.6 is 0 Å². The molecule has 0 saturated carbocycles. The Kier molecular flexibility index (Phi) is 36.0. The molecule has 0 aliphatic carbocycles. The van der Waals surface area contributed by atoms with Gasteiger partial charge in [0.05, 0.1) is 5.09 Å². The second kappa shape index (κ2) is 15.7. The molecular formula is H4AgN3O6. The van der Waals surface area contributed by atoms with E-state index in [1.807, 2.05) is 0 Å². The molecule has 4 N–H and O–H groups in total. The topological polar surface area (TPSA) is 165 Å². The van der Waals surface area contributed by atoms with Gasteiger partial charge in [-0.15, -0.1) is 10.1 Å². The third-order valence-electron chi connectivity index (χ3n) is 0. The van der Waals surface area contributed by atoms with E-state index in [0.29, 0.717) is 0 Å². The van der Waals surface area contributed by atoms with Gasteiger partial charge in [-0.3, -0.25) is 0 Å². The van der Waals surface area contributed by atoms with E-state index >= 15 is 0 Å². The summed E-state index contributed by atoms with van der Waals surface area (Å²) >= 11 is 0. The molecule has 0 aromatic rings. The van der Waals surface area contributed by atoms with Crippen LogP contribution in [0.1, 0.15) is 0 Å². The van der Waals surface area contributed by atoms with Crippen molar-refractivity contribution in [3.8, 4) is 0 Å². The van der Waals surface area contributed by atoms with Crippen LogP contribution in [-0.4, -0.2) is 15.4 Å². The van der Waals surface area contributed by atoms with E-state index in [4.69, 9.17) is 30.6 Å².